The van der Waals surface area contributed by atoms with Crippen LogP contribution in [0.4, 0.5) is 0 Å². The quantitative estimate of drug-likeness (QED) is 0.745. The van der Waals surface area contributed by atoms with Crippen LogP contribution in [0.5, 0.6) is 0 Å². The average Bonchev–Trinajstić information content (AvgIpc) is 2.70. The number of likely N-dealkylation sites (tertiary alicyclic amines) is 1. The van der Waals surface area contributed by atoms with Crippen molar-refractivity contribution in [1.82, 2.24) is 4.90 Å². The molecule has 3 heteroatoms. The Hall–Kier alpha value is -0.150. The van der Waals surface area contributed by atoms with Crippen LogP contribution in [0.3, 0.4) is 0 Å². The zero-order valence-electron chi connectivity index (χ0n) is 9.88. The van der Waals surface area contributed by atoms with Crippen LogP contribution in [0.2, 0.25) is 0 Å². The third-order valence-corrected chi connectivity index (χ3v) is 3.97. The van der Waals surface area contributed by atoms with Gasteiger partial charge in [-0.15, -0.1) is 0 Å². The zero-order chi connectivity index (χ0) is 11.1. The molecule has 2 aliphatic rings. The number of nitrogens with zero attached hydrogens (tertiary/aromatic N) is 1. The average molecular weight is 226 g/mol. The van der Waals surface area contributed by atoms with Gasteiger partial charge in [-0.1, -0.05) is 26.1 Å². The van der Waals surface area contributed by atoms with Crippen molar-refractivity contribution in [3.8, 4) is 0 Å². The summed E-state index contributed by atoms with van der Waals surface area (Å²) < 4.78 is 0. The molecule has 2 fully saturated rings. The van der Waals surface area contributed by atoms with E-state index in [2.05, 4.69) is 18.7 Å². The lowest BCUT2D eigenvalue weighted by molar-refractivity contribution is 0.241. The fourth-order valence-corrected chi connectivity index (χ4v) is 3.08. The minimum atomic E-state index is 0.465. The molecule has 2 nitrogen and oxygen atoms in total. The summed E-state index contributed by atoms with van der Waals surface area (Å²) in [5.41, 5.74) is 6.64. The molecule has 1 aliphatic heterocycles. The molecule has 0 spiro atoms. The molecule has 0 aromatic rings. The third-order valence-electron chi connectivity index (χ3n) is 3.82. The maximum Gasteiger partial charge on any atom is 0.0733 e. The second-order valence-corrected chi connectivity index (χ2v) is 6.79. The van der Waals surface area contributed by atoms with Gasteiger partial charge >= 0.3 is 0 Å². The van der Waals surface area contributed by atoms with Crippen LogP contribution in [-0.4, -0.2) is 29.5 Å². The molecular weight excluding hydrogens is 204 g/mol. The molecule has 86 valence electrons. The van der Waals surface area contributed by atoms with Crippen molar-refractivity contribution in [2.45, 2.75) is 39.5 Å². The Morgan fingerprint density at radius 1 is 1.33 bits per heavy atom. The summed E-state index contributed by atoms with van der Waals surface area (Å²) in [5, 5.41) is 0. The Balaban J connectivity index is 1.85. The van der Waals surface area contributed by atoms with Gasteiger partial charge in [0.05, 0.1) is 4.99 Å². The zero-order valence-corrected chi connectivity index (χ0v) is 10.7. The van der Waals surface area contributed by atoms with Gasteiger partial charge < -0.3 is 10.6 Å². The smallest absolute Gasteiger partial charge is 0.0733 e. The summed E-state index contributed by atoms with van der Waals surface area (Å²) in [5.74, 6) is 0. The monoisotopic (exact) mass is 226 g/mol. The molecule has 0 radical (unpaired) electrons. The van der Waals surface area contributed by atoms with Crippen LogP contribution in [0, 0.1) is 10.8 Å². The number of hydrogen-bond acceptors (Lipinski definition) is 2. The van der Waals surface area contributed by atoms with Gasteiger partial charge in [-0.3, -0.25) is 0 Å². The van der Waals surface area contributed by atoms with E-state index in [-0.39, 0.29) is 0 Å². The highest BCUT2D eigenvalue weighted by atomic mass is 32.1. The molecule has 2 rings (SSSR count). The number of nitrogens with two attached hydrogens (primary N) is 1. The van der Waals surface area contributed by atoms with Crippen molar-refractivity contribution < 1.29 is 0 Å². The first-order valence-corrected chi connectivity index (χ1v) is 6.32. The van der Waals surface area contributed by atoms with Crippen LogP contribution in [0.15, 0.2) is 0 Å². The largest absolute Gasteiger partial charge is 0.393 e. The molecule has 0 amide bonds. The van der Waals surface area contributed by atoms with Crippen LogP contribution in [0.1, 0.15) is 39.5 Å². The van der Waals surface area contributed by atoms with Crippen LogP contribution >= 0.6 is 12.2 Å². The van der Waals surface area contributed by atoms with Crippen molar-refractivity contribution >= 4 is 17.2 Å². The summed E-state index contributed by atoms with van der Waals surface area (Å²) in [6, 6.07) is 0. The molecule has 0 bridgehead atoms. The van der Waals surface area contributed by atoms with E-state index in [0.717, 1.165) is 6.42 Å². The second kappa shape index (κ2) is 3.70. The van der Waals surface area contributed by atoms with E-state index in [0.29, 0.717) is 15.8 Å². The first-order chi connectivity index (χ1) is 6.91. The highest BCUT2D eigenvalue weighted by Gasteiger charge is 2.45. The lowest BCUT2D eigenvalue weighted by Crippen LogP contribution is -2.32. The topological polar surface area (TPSA) is 29.3 Å². The predicted octanol–water partition coefficient (Wildman–Crippen LogP) is 2.17. The Morgan fingerprint density at radius 2 is 2.00 bits per heavy atom. The lowest BCUT2D eigenvalue weighted by atomic mass is 9.93. The SMILES string of the molecule is CC1(C)CCN(CC2(CC(N)=S)CC2)C1. The fourth-order valence-electron chi connectivity index (χ4n) is 2.77. The van der Waals surface area contributed by atoms with Gasteiger partial charge in [-0.05, 0) is 36.6 Å². The van der Waals surface area contributed by atoms with E-state index in [1.165, 1.54) is 38.9 Å². The number of hydrogen-bond donors (Lipinski definition) is 1. The minimum Gasteiger partial charge on any atom is -0.393 e. The van der Waals surface area contributed by atoms with Gasteiger partial charge in [0.1, 0.15) is 0 Å². The van der Waals surface area contributed by atoms with Gasteiger partial charge in [0, 0.05) is 19.5 Å². The summed E-state index contributed by atoms with van der Waals surface area (Å²) in [7, 11) is 0. The van der Waals surface area contributed by atoms with Crippen LogP contribution in [0.25, 0.3) is 0 Å². The number of thiocarbonyl (C=S) groups is 1. The molecular formula is C12H22N2S. The second-order valence-electron chi connectivity index (χ2n) is 6.27. The molecule has 1 aliphatic carbocycles. The van der Waals surface area contributed by atoms with Crippen molar-refractivity contribution in [1.29, 1.82) is 0 Å². The van der Waals surface area contributed by atoms with Crippen LogP contribution in [-0.2, 0) is 0 Å². The summed E-state index contributed by atoms with van der Waals surface area (Å²) >= 11 is 5.03. The molecule has 1 saturated heterocycles. The highest BCUT2D eigenvalue weighted by Crippen LogP contribution is 2.50. The van der Waals surface area contributed by atoms with E-state index in [4.69, 9.17) is 18.0 Å². The molecule has 0 aromatic heterocycles. The Morgan fingerprint density at radius 3 is 2.40 bits per heavy atom. The normalized spacial score (nSPS) is 27.9. The van der Waals surface area contributed by atoms with Crippen molar-refractivity contribution in [3.63, 3.8) is 0 Å². The molecule has 0 unspecified atom stereocenters. The van der Waals surface area contributed by atoms with Crippen molar-refractivity contribution in [3.05, 3.63) is 0 Å². The van der Waals surface area contributed by atoms with E-state index in [1.54, 1.807) is 0 Å². The molecule has 1 heterocycles. The molecule has 0 aromatic carbocycles. The summed E-state index contributed by atoms with van der Waals surface area (Å²) in [6.07, 6.45) is 4.93. The van der Waals surface area contributed by atoms with E-state index in [9.17, 15) is 0 Å². The van der Waals surface area contributed by atoms with Crippen LogP contribution < -0.4 is 5.73 Å². The van der Waals surface area contributed by atoms with Gasteiger partial charge in [-0.25, -0.2) is 0 Å². The summed E-state index contributed by atoms with van der Waals surface area (Å²) in [6.45, 7) is 8.44. The molecule has 1 saturated carbocycles. The third kappa shape index (κ3) is 2.91. The first kappa shape index (κ1) is 11.3. The van der Waals surface area contributed by atoms with Gasteiger partial charge in [0.2, 0.25) is 0 Å². The summed E-state index contributed by atoms with van der Waals surface area (Å²) in [4.78, 5) is 3.30. The van der Waals surface area contributed by atoms with Gasteiger partial charge in [0.15, 0.2) is 0 Å². The van der Waals surface area contributed by atoms with E-state index in [1.807, 2.05) is 0 Å². The van der Waals surface area contributed by atoms with Gasteiger partial charge in [-0.2, -0.15) is 0 Å². The lowest BCUT2D eigenvalue weighted by Gasteiger charge is -2.24. The molecule has 15 heavy (non-hydrogen) atoms. The minimum absolute atomic E-state index is 0.465. The van der Waals surface area contributed by atoms with E-state index >= 15 is 0 Å². The fraction of sp³-hybridized carbons (Fsp3) is 0.917. The molecule has 2 N–H and O–H groups in total. The maximum atomic E-state index is 5.66. The standard InChI is InChI=1S/C12H22N2S/c1-11(2)5-6-14(8-11)9-12(3-4-12)7-10(13)15/h3-9H2,1-2H3,(H2,13,15). The maximum absolute atomic E-state index is 5.66. The first-order valence-electron chi connectivity index (χ1n) is 5.92. The Labute approximate surface area is 98.2 Å². The predicted molar refractivity (Wildman–Crippen MR) is 67.9 cm³/mol. The molecule has 0 atom stereocenters. The van der Waals surface area contributed by atoms with Crippen molar-refractivity contribution in [2.75, 3.05) is 19.6 Å². The number of rotatable bonds is 4. The van der Waals surface area contributed by atoms with Gasteiger partial charge in [0.25, 0.3) is 0 Å². The Kier molecular flexibility index (Phi) is 2.80. The highest BCUT2D eigenvalue weighted by molar-refractivity contribution is 7.80. The van der Waals surface area contributed by atoms with E-state index < -0.39 is 0 Å². The Bertz CT molecular complexity index is 269. The van der Waals surface area contributed by atoms with Crippen molar-refractivity contribution in [2.24, 2.45) is 16.6 Å².